The Kier molecular flexibility index (Phi) is 3.95. The van der Waals surface area contributed by atoms with Gasteiger partial charge in [-0.25, -0.2) is 9.80 Å². The number of hydrazine groups is 2. The van der Waals surface area contributed by atoms with Gasteiger partial charge in [-0.2, -0.15) is 10.1 Å². The molecule has 4 rings (SSSR count). The van der Waals surface area contributed by atoms with E-state index < -0.39 is 6.03 Å². The van der Waals surface area contributed by atoms with Crippen LogP contribution in [0.1, 0.15) is 25.7 Å². The number of aromatic nitrogens is 3. The van der Waals surface area contributed by atoms with E-state index in [0.717, 1.165) is 56.4 Å². The summed E-state index contributed by atoms with van der Waals surface area (Å²) in [5.41, 5.74) is 7.21. The molecule has 1 atom stereocenters. The average molecular weight is 331 g/mol. The second-order valence-corrected chi connectivity index (χ2v) is 6.10. The van der Waals surface area contributed by atoms with E-state index in [1.54, 1.807) is 5.12 Å². The molecule has 0 spiro atoms. The monoisotopic (exact) mass is 331 g/mol. The van der Waals surface area contributed by atoms with Crippen LogP contribution in [0.5, 0.6) is 0 Å². The van der Waals surface area contributed by atoms with Crippen molar-refractivity contribution >= 4 is 17.1 Å². The highest BCUT2D eigenvalue weighted by Crippen LogP contribution is 2.23. The zero-order valence-electron chi connectivity index (χ0n) is 13.4. The van der Waals surface area contributed by atoms with Gasteiger partial charge in [-0.1, -0.05) is 17.0 Å². The standard InChI is InChI=1S/C15H21N7O2/c16-15(23)22(19-9-3-4-10-19)20-11-5-8-14(20)24-21-13-7-2-1-6-12(13)17-18-21/h1-2,6-7,14H,3-5,8-11H2,(H2,16,23). The fraction of sp³-hybridized carbons (Fsp3) is 0.533. The van der Waals surface area contributed by atoms with E-state index in [0.29, 0.717) is 0 Å². The summed E-state index contributed by atoms with van der Waals surface area (Å²) in [6, 6.07) is 7.13. The molecule has 9 heteroatoms. The van der Waals surface area contributed by atoms with Gasteiger partial charge in [0.15, 0.2) is 6.23 Å². The normalized spacial score (nSPS) is 22.2. The zero-order valence-corrected chi connectivity index (χ0v) is 13.4. The van der Waals surface area contributed by atoms with Crippen LogP contribution in [-0.2, 0) is 0 Å². The van der Waals surface area contributed by atoms with Gasteiger partial charge in [0.1, 0.15) is 11.0 Å². The molecular formula is C15H21N7O2. The molecule has 2 amide bonds. The summed E-state index contributed by atoms with van der Waals surface area (Å²) in [5, 5.41) is 13.6. The number of hydrogen-bond donors (Lipinski definition) is 1. The van der Waals surface area contributed by atoms with E-state index in [2.05, 4.69) is 10.3 Å². The first-order valence-electron chi connectivity index (χ1n) is 8.32. The van der Waals surface area contributed by atoms with E-state index in [1.165, 1.54) is 4.85 Å². The van der Waals surface area contributed by atoms with Crippen molar-refractivity contribution in [3.8, 4) is 0 Å². The fourth-order valence-electron chi connectivity index (χ4n) is 3.40. The molecule has 1 aromatic heterocycles. The minimum atomic E-state index is -0.476. The molecule has 0 saturated carbocycles. The summed E-state index contributed by atoms with van der Waals surface area (Å²) in [4.78, 5) is 19.5. The average Bonchev–Trinajstić information content (AvgIpc) is 3.31. The van der Waals surface area contributed by atoms with Crippen molar-refractivity contribution in [2.45, 2.75) is 31.9 Å². The van der Waals surface area contributed by atoms with Gasteiger partial charge in [-0.05, 0) is 36.6 Å². The minimum absolute atomic E-state index is 0.303. The number of para-hydroxylation sites is 1. The molecule has 2 aliphatic heterocycles. The van der Waals surface area contributed by atoms with Crippen LogP contribution in [-0.4, -0.2) is 62.2 Å². The van der Waals surface area contributed by atoms with E-state index in [9.17, 15) is 4.79 Å². The highest BCUT2D eigenvalue weighted by Gasteiger charge is 2.38. The Labute approximate surface area is 139 Å². The Bertz CT molecular complexity index is 727. The number of urea groups is 1. The lowest BCUT2D eigenvalue weighted by atomic mass is 10.3. The Morgan fingerprint density at radius 2 is 2.00 bits per heavy atom. The van der Waals surface area contributed by atoms with Crippen molar-refractivity contribution < 1.29 is 9.63 Å². The molecule has 2 N–H and O–H groups in total. The third-order valence-corrected chi connectivity index (χ3v) is 4.50. The van der Waals surface area contributed by atoms with Crippen LogP contribution < -0.4 is 10.6 Å². The van der Waals surface area contributed by atoms with Crippen LogP contribution in [0.4, 0.5) is 4.79 Å². The van der Waals surface area contributed by atoms with Crippen molar-refractivity contribution in [3.05, 3.63) is 24.3 Å². The number of rotatable bonds is 4. The van der Waals surface area contributed by atoms with Crippen molar-refractivity contribution in [2.24, 2.45) is 5.73 Å². The Balaban J connectivity index is 1.56. The van der Waals surface area contributed by atoms with Crippen molar-refractivity contribution in [1.29, 1.82) is 0 Å². The number of fused-ring (bicyclic) bond motifs is 1. The van der Waals surface area contributed by atoms with E-state index in [1.807, 2.05) is 34.3 Å². The summed E-state index contributed by atoms with van der Waals surface area (Å²) < 4.78 is 0. The van der Waals surface area contributed by atoms with Gasteiger partial charge in [-0.15, -0.1) is 5.10 Å². The summed E-state index contributed by atoms with van der Waals surface area (Å²) in [6.07, 6.45) is 3.55. The van der Waals surface area contributed by atoms with Crippen molar-refractivity contribution in [3.63, 3.8) is 0 Å². The maximum Gasteiger partial charge on any atom is 0.344 e. The quantitative estimate of drug-likeness (QED) is 0.881. The van der Waals surface area contributed by atoms with Crippen molar-refractivity contribution in [1.82, 2.24) is 30.3 Å². The molecule has 2 aliphatic rings. The number of carbonyl (C=O) groups is 1. The lowest BCUT2D eigenvalue weighted by Crippen LogP contribution is -2.60. The van der Waals surface area contributed by atoms with Gasteiger partial charge in [-0.3, -0.25) is 0 Å². The first kappa shape index (κ1) is 15.2. The molecule has 2 aromatic rings. The van der Waals surface area contributed by atoms with Crippen LogP contribution in [0.25, 0.3) is 11.0 Å². The summed E-state index contributed by atoms with van der Waals surface area (Å²) >= 11 is 0. The van der Waals surface area contributed by atoms with E-state index in [-0.39, 0.29) is 6.23 Å². The molecule has 2 fully saturated rings. The van der Waals surface area contributed by atoms with Crippen LogP contribution in [0, 0.1) is 0 Å². The first-order chi connectivity index (χ1) is 11.7. The number of carbonyl (C=O) groups excluding carboxylic acids is 1. The predicted molar refractivity (Wildman–Crippen MR) is 86.1 cm³/mol. The molecule has 1 unspecified atom stereocenters. The smallest absolute Gasteiger partial charge is 0.344 e. The van der Waals surface area contributed by atoms with E-state index >= 15 is 0 Å². The van der Waals surface area contributed by atoms with E-state index in [4.69, 9.17) is 10.6 Å². The Morgan fingerprint density at radius 3 is 2.79 bits per heavy atom. The molecule has 0 radical (unpaired) electrons. The molecule has 0 bridgehead atoms. The topological polar surface area (TPSA) is 92.8 Å². The number of hydrogen-bond acceptors (Lipinski definition) is 6. The number of nitrogens with zero attached hydrogens (tertiary/aromatic N) is 6. The molecule has 24 heavy (non-hydrogen) atoms. The second kappa shape index (κ2) is 6.25. The van der Waals surface area contributed by atoms with Crippen molar-refractivity contribution in [2.75, 3.05) is 19.6 Å². The molecule has 2 saturated heterocycles. The van der Waals surface area contributed by atoms with Crippen LogP contribution in [0.15, 0.2) is 24.3 Å². The fourth-order valence-corrected chi connectivity index (χ4v) is 3.40. The lowest BCUT2D eigenvalue weighted by Gasteiger charge is -2.39. The summed E-state index contributed by atoms with van der Waals surface area (Å²) in [7, 11) is 0. The molecule has 0 aliphatic carbocycles. The predicted octanol–water partition coefficient (Wildman–Crippen LogP) is 0.588. The molecule has 128 valence electrons. The van der Waals surface area contributed by atoms with Gasteiger partial charge >= 0.3 is 6.03 Å². The van der Waals surface area contributed by atoms with Crippen LogP contribution >= 0.6 is 0 Å². The molecule has 9 nitrogen and oxygen atoms in total. The maximum atomic E-state index is 12.0. The van der Waals surface area contributed by atoms with Crippen LogP contribution in [0.2, 0.25) is 0 Å². The van der Waals surface area contributed by atoms with Gasteiger partial charge in [0, 0.05) is 26.1 Å². The van der Waals surface area contributed by atoms with Gasteiger partial charge < -0.3 is 10.6 Å². The third-order valence-electron chi connectivity index (χ3n) is 4.50. The molecule has 3 heterocycles. The second-order valence-electron chi connectivity index (χ2n) is 6.10. The summed E-state index contributed by atoms with van der Waals surface area (Å²) in [6.45, 7) is 2.38. The molecule has 1 aromatic carbocycles. The number of benzene rings is 1. The largest absolute Gasteiger partial charge is 0.374 e. The Morgan fingerprint density at radius 1 is 1.21 bits per heavy atom. The number of nitrogens with two attached hydrogens (primary N) is 1. The first-order valence-corrected chi connectivity index (χ1v) is 8.32. The highest BCUT2D eigenvalue weighted by molar-refractivity contribution is 5.73. The Hall–Kier alpha value is -2.39. The van der Waals surface area contributed by atoms with Gasteiger partial charge in [0.05, 0.1) is 0 Å². The zero-order chi connectivity index (χ0) is 16.5. The highest BCUT2D eigenvalue weighted by atomic mass is 16.7. The summed E-state index contributed by atoms with van der Waals surface area (Å²) in [5.74, 6) is 0. The maximum absolute atomic E-state index is 12.0. The third kappa shape index (κ3) is 2.65. The number of primary amides is 1. The van der Waals surface area contributed by atoms with Crippen LogP contribution in [0.3, 0.4) is 0 Å². The van der Waals surface area contributed by atoms with Gasteiger partial charge in [0.2, 0.25) is 0 Å². The SMILES string of the molecule is NC(=O)N(N1CCCC1)N1CCCC1On1nnc2ccccc21. The van der Waals surface area contributed by atoms with Gasteiger partial charge in [0.25, 0.3) is 0 Å². The minimum Gasteiger partial charge on any atom is -0.374 e. The molecular weight excluding hydrogens is 310 g/mol. The lowest BCUT2D eigenvalue weighted by molar-refractivity contribution is -0.199. The number of amides is 2.